The highest BCUT2D eigenvalue weighted by Gasteiger charge is 2.35. The first-order valence-electron chi connectivity index (χ1n) is 19.0. The van der Waals surface area contributed by atoms with Gasteiger partial charge in [0.1, 0.15) is 0 Å². The number of benzene rings is 1. The van der Waals surface area contributed by atoms with E-state index >= 15 is 0 Å². The molecule has 0 heterocycles. The zero-order valence-corrected chi connectivity index (χ0v) is 31.0. The maximum Gasteiger partial charge on any atom is 0.220 e. The van der Waals surface area contributed by atoms with Crippen LogP contribution < -0.4 is 10.4 Å². The Kier molecular flexibility index (Phi) is 24.4. The molecule has 2 nitrogen and oxygen atoms in total. The van der Waals surface area contributed by atoms with E-state index in [1.165, 1.54) is 164 Å². The van der Waals surface area contributed by atoms with E-state index < -0.39 is 16.6 Å². The molecule has 4 heteroatoms. The SMILES string of the molecule is CCCCCCCC[Si](O)(CCCCCCCC)c1ccc([Si](O)(CCCCCCCC)CCCCCCCC)cc1. The summed E-state index contributed by atoms with van der Waals surface area (Å²) in [6, 6.07) is 13.1. The van der Waals surface area contributed by atoms with Gasteiger partial charge in [0.05, 0.1) is 0 Å². The van der Waals surface area contributed by atoms with Crippen LogP contribution in [0.2, 0.25) is 24.2 Å². The van der Waals surface area contributed by atoms with E-state index in [1.807, 2.05) is 0 Å². The lowest BCUT2D eigenvalue weighted by Gasteiger charge is -2.29. The molecule has 2 N–H and O–H groups in total. The molecule has 0 radical (unpaired) electrons. The van der Waals surface area contributed by atoms with E-state index in [4.69, 9.17) is 0 Å². The molecule has 0 atom stereocenters. The third-order valence-electron chi connectivity index (χ3n) is 9.74. The molecule has 1 aromatic rings. The topological polar surface area (TPSA) is 40.5 Å². The fourth-order valence-electron chi connectivity index (χ4n) is 6.71. The monoisotopic (exact) mass is 619 g/mol. The van der Waals surface area contributed by atoms with Crippen molar-refractivity contribution in [3.05, 3.63) is 24.3 Å². The predicted molar refractivity (Wildman–Crippen MR) is 194 cm³/mol. The molecular weight excluding hydrogens is 545 g/mol. The second-order valence-corrected chi connectivity index (χ2v) is 21.0. The van der Waals surface area contributed by atoms with E-state index in [9.17, 15) is 9.59 Å². The summed E-state index contributed by atoms with van der Waals surface area (Å²) >= 11 is 0. The van der Waals surface area contributed by atoms with Crippen LogP contribution in [-0.4, -0.2) is 26.2 Å². The van der Waals surface area contributed by atoms with Crippen LogP contribution >= 0.6 is 0 Å². The molecule has 0 aromatic heterocycles. The lowest BCUT2D eigenvalue weighted by atomic mass is 10.1. The Hall–Kier alpha value is -0.426. The van der Waals surface area contributed by atoms with Crippen LogP contribution in [0.3, 0.4) is 0 Å². The van der Waals surface area contributed by atoms with E-state index in [0.29, 0.717) is 0 Å². The highest BCUT2D eigenvalue weighted by atomic mass is 28.4. The lowest BCUT2D eigenvalue weighted by Crippen LogP contribution is -2.51. The smallest absolute Gasteiger partial charge is 0.220 e. The Bertz CT molecular complexity index is 627. The molecule has 0 saturated heterocycles. The molecule has 0 fully saturated rings. The molecule has 246 valence electrons. The molecule has 1 aromatic carbocycles. The van der Waals surface area contributed by atoms with Gasteiger partial charge in [-0.15, -0.1) is 0 Å². The summed E-state index contributed by atoms with van der Waals surface area (Å²) in [7, 11) is -5.00. The summed E-state index contributed by atoms with van der Waals surface area (Å²) in [5, 5.41) is 2.45. The van der Waals surface area contributed by atoms with Gasteiger partial charge in [0.15, 0.2) is 0 Å². The molecular formula is C38H74O2Si2. The van der Waals surface area contributed by atoms with Crippen LogP contribution in [0.5, 0.6) is 0 Å². The van der Waals surface area contributed by atoms with Crippen LogP contribution in [0, 0.1) is 0 Å². The number of hydrogen-bond donors (Lipinski definition) is 2. The van der Waals surface area contributed by atoms with Gasteiger partial charge in [-0.05, 0) is 34.5 Å². The Morgan fingerprint density at radius 3 is 0.738 bits per heavy atom. The van der Waals surface area contributed by atoms with Gasteiger partial charge in [-0.1, -0.05) is 206 Å². The quantitative estimate of drug-likeness (QED) is 0.0665. The second kappa shape index (κ2) is 25.9. The molecule has 0 aliphatic carbocycles. The minimum absolute atomic E-state index is 1.00. The van der Waals surface area contributed by atoms with Crippen molar-refractivity contribution in [3.8, 4) is 0 Å². The van der Waals surface area contributed by atoms with Crippen molar-refractivity contribution in [2.75, 3.05) is 0 Å². The van der Waals surface area contributed by atoms with Gasteiger partial charge in [-0.2, -0.15) is 0 Å². The molecule has 0 saturated carbocycles. The van der Waals surface area contributed by atoms with E-state index in [-0.39, 0.29) is 0 Å². The maximum absolute atomic E-state index is 12.2. The van der Waals surface area contributed by atoms with Crippen LogP contribution in [0.25, 0.3) is 0 Å². The van der Waals surface area contributed by atoms with Crippen LogP contribution in [0.4, 0.5) is 0 Å². The molecule has 0 bridgehead atoms. The molecule has 0 aliphatic heterocycles. The van der Waals surface area contributed by atoms with Gasteiger partial charge in [-0.25, -0.2) is 0 Å². The maximum atomic E-state index is 12.2. The van der Waals surface area contributed by atoms with Gasteiger partial charge in [0.25, 0.3) is 0 Å². The minimum atomic E-state index is -2.50. The van der Waals surface area contributed by atoms with E-state index in [1.54, 1.807) is 0 Å². The largest absolute Gasteiger partial charge is 0.427 e. The Labute approximate surface area is 266 Å². The molecule has 0 aliphatic rings. The molecule has 0 amide bonds. The summed E-state index contributed by atoms with van der Waals surface area (Å²) in [5.41, 5.74) is 0. The number of hydrogen-bond acceptors (Lipinski definition) is 2. The highest BCUT2D eigenvalue weighted by Crippen LogP contribution is 2.24. The summed E-state index contributed by atoms with van der Waals surface area (Å²) in [6.45, 7) is 9.11. The summed E-state index contributed by atoms with van der Waals surface area (Å²) in [6.07, 6.45) is 30.8. The van der Waals surface area contributed by atoms with Crippen molar-refractivity contribution in [2.45, 2.75) is 206 Å². The summed E-state index contributed by atoms with van der Waals surface area (Å²) in [5.74, 6) is 0. The normalized spacial score (nSPS) is 12.3. The zero-order valence-electron chi connectivity index (χ0n) is 29.0. The van der Waals surface area contributed by atoms with Crippen LogP contribution in [0.15, 0.2) is 24.3 Å². The Morgan fingerprint density at radius 2 is 0.524 bits per heavy atom. The van der Waals surface area contributed by atoms with Crippen molar-refractivity contribution in [1.29, 1.82) is 0 Å². The first-order chi connectivity index (χ1) is 20.5. The number of rotatable bonds is 30. The lowest BCUT2D eigenvalue weighted by molar-refractivity contribution is 0.520. The third-order valence-corrected chi connectivity index (χ3v) is 17.3. The number of unbranched alkanes of at least 4 members (excludes halogenated alkanes) is 20. The average molecular weight is 619 g/mol. The Morgan fingerprint density at radius 1 is 0.333 bits per heavy atom. The molecule has 42 heavy (non-hydrogen) atoms. The van der Waals surface area contributed by atoms with Gasteiger partial charge in [-0.3, -0.25) is 0 Å². The predicted octanol–water partition coefficient (Wildman–Crippen LogP) is 11.4. The summed E-state index contributed by atoms with van der Waals surface area (Å²) in [4.78, 5) is 24.3. The van der Waals surface area contributed by atoms with Crippen molar-refractivity contribution < 1.29 is 9.59 Å². The molecule has 0 spiro atoms. The minimum Gasteiger partial charge on any atom is -0.427 e. The van der Waals surface area contributed by atoms with Crippen molar-refractivity contribution in [1.82, 2.24) is 0 Å². The van der Waals surface area contributed by atoms with Crippen molar-refractivity contribution in [3.63, 3.8) is 0 Å². The van der Waals surface area contributed by atoms with Gasteiger partial charge in [0.2, 0.25) is 16.6 Å². The van der Waals surface area contributed by atoms with E-state index in [0.717, 1.165) is 24.2 Å². The second-order valence-electron chi connectivity index (χ2n) is 13.7. The Balaban J connectivity index is 2.92. The molecule has 0 unspecified atom stereocenters. The fraction of sp³-hybridized carbons (Fsp3) is 0.842. The van der Waals surface area contributed by atoms with Crippen molar-refractivity contribution in [2.24, 2.45) is 0 Å². The highest BCUT2D eigenvalue weighted by molar-refractivity contribution is 6.87. The van der Waals surface area contributed by atoms with Gasteiger partial charge in [0, 0.05) is 0 Å². The molecule has 1 rings (SSSR count). The van der Waals surface area contributed by atoms with Gasteiger partial charge < -0.3 is 9.59 Å². The van der Waals surface area contributed by atoms with Crippen LogP contribution in [-0.2, 0) is 0 Å². The third kappa shape index (κ3) is 17.8. The fourth-order valence-corrected chi connectivity index (χ4v) is 13.3. The van der Waals surface area contributed by atoms with Gasteiger partial charge >= 0.3 is 0 Å². The summed E-state index contributed by atoms with van der Waals surface area (Å²) < 4.78 is 0. The van der Waals surface area contributed by atoms with E-state index in [2.05, 4.69) is 52.0 Å². The van der Waals surface area contributed by atoms with Crippen LogP contribution in [0.1, 0.15) is 182 Å². The standard InChI is InChI=1S/C38H74O2Si2/c1-5-9-13-17-21-25-33-41(39,34-26-22-18-14-10-6-2)37-29-31-38(32-30-37)42(40,35-27-23-19-15-11-7-3)36-28-24-20-16-12-8-4/h29-32,39-40H,5-28,33-36H2,1-4H3. The zero-order chi connectivity index (χ0) is 30.8. The average Bonchev–Trinajstić information content (AvgIpc) is 3.00. The first kappa shape index (κ1) is 39.6. The van der Waals surface area contributed by atoms with Crippen molar-refractivity contribution >= 4 is 27.0 Å². The first-order valence-corrected chi connectivity index (χ1v) is 23.7.